The lowest BCUT2D eigenvalue weighted by Crippen LogP contribution is -2.39. The molecule has 0 heterocycles. The van der Waals surface area contributed by atoms with Crippen molar-refractivity contribution in [2.45, 2.75) is 13.3 Å². The Kier molecular flexibility index (Phi) is 5.38. The van der Waals surface area contributed by atoms with Crippen molar-refractivity contribution < 1.29 is 14.4 Å². The number of rotatable bonds is 7. The Bertz CT molecular complexity index is 726. The van der Waals surface area contributed by atoms with Crippen molar-refractivity contribution in [2.24, 2.45) is 5.84 Å². The van der Waals surface area contributed by atoms with E-state index in [2.05, 4.69) is 0 Å². The quantitative estimate of drug-likeness (QED) is 0.367. The van der Waals surface area contributed by atoms with Gasteiger partial charge in [0.25, 0.3) is 0 Å². The number of benzene rings is 2. The van der Waals surface area contributed by atoms with Gasteiger partial charge in [0.2, 0.25) is 5.78 Å². The number of hydrazine groups is 1. The molecule has 0 aliphatic carbocycles. The number of nitrogens with zero attached hydrogens (tertiary/aromatic N) is 1. The average Bonchev–Trinajstić information content (AvgIpc) is 2.60. The fraction of sp³-hybridized carbons (Fsp3) is 0.167. The van der Waals surface area contributed by atoms with Crippen LogP contribution in [0.25, 0.3) is 0 Å². The smallest absolute Gasteiger partial charge is 0.219 e. The monoisotopic (exact) mass is 310 g/mol. The van der Waals surface area contributed by atoms with Gasteiger partial charge in [0, 0.05) is 17.5 Å². The van der Waals surface area contributed by atoms with E-state index < -0.39 is 11.6 Å². The minimum atomic E-state index is -0.572. The van der Waals surface area contributed by atoms with Crippen molar-refractivity contribution in [2.75, 3.05) is 11.6 Å². The molecule has 0 fully saturated rings. The van der Waals surface area contributed by atoms with Crippen LogP contribution in [0.1, 0.15) is 29.3 Å². The first-order chi connectivity index (χ1) is 11.0. The number of carbonyl (C=O) groups is 3. The number of nitrogens with two attached hydrogens (primary N) is 1. The number of carbonyl (C=O) groups excluding carboxylic acids is 3. The maximum absolute atomic E-state index is 12.6. The van der Waals surface area contributed by atoms with E-state index >= 15 is 0 Å². The molecule has 0 saturated carbocycles. The van der Waals surface area contributed by atoms with Crippen molar-refractivity contribution in [1.82, 2.24) is 0 Å². The van der Waals surface area contributed by atoms with Gasteiger partial charge in [-0.15, -0.1) is 0 Å². The predicted octanol–water partition coefficient (Wildman–Crippen LogP) is 2.15. The van der Waals surface area contributed by atoms with Gasteiger partial charge in [0.15, 0.2) is 11.6 Å². The SMILES string of the molecule is CCC(=O)C(=O)CN(N)c1ccccc1C(=O)c1ccccc1. The molecule has 0 unspecified atom stereocenters. The molecular weight excluding hydrogens is 292 g/mol. The number of Topliss-reactive ketones (excluding diaryl/α,β-unsaturated/α-hetero) is 2. The molecule has 0 bridgehead atoms. The van der Waals surface area contributed by atoms with E-state index in [9.17, 15) is 14.4 Å². The topological polar surface area (TPSA) is 80.5 Å². The fourth-order valence-corrected chi connectivity index (χ4v) is 2.19. The van der Waals surface area contributed by atoms with Crippen molar-refractivity contribution in [3.8, 4) is 0 Å². The number of hydrogen-bond acceptors (Lipinski definition) is 5. The van der Waals surface area contributed by atoms with E-state index in [0.29, 0.717) is 16.8 Å². The largest absolute Gasteiger partial charge is 0.302 e. The Morgan fingerprint density at radius 3 is 2.17 bits per heavy atom. The molecule has 0 amide bonds. The molecule has 0 aromatic heterocycles. The molecule has 0 aliphatic heterocycles. The minimum absolute atomic E-state index is 0.136. The lowest BCUT2D eigenvalue weighted by atomic mass is 10.0. The van der Waals surface area contributed by atoms with E-state index in [-0.39, 0.29) is 18.7 Å². The summed E-state index contributed by atoms with van der Waals surface area (Å²) in [4.78, 5) is 35.8. The van der Waals surface area contributed by atoms with Gasteiger partial charge in [0.05, 0.1) is 5.69 Å². The van der Waals surface area contributed by atoms with Crippen LogP contribution in [0, 0.1) is 0 Å². The molecule has 0 radical (unpaired) electrons. The molecule has 2 aromatic carbocycles. The Morgan fingerprint density at radius 1 is 0.913 bits per heavy atom. The van der Waals surface area contributed by atoms with Crippen LogP contribution in [0.15, 0.2) is 54.6 Å². The zero-order chi connectivity index (χ0) is 16.8. The van der Waals surface area contributed by atoms with E-state index in [1.54, 1.807) is 55.5 Å². The van der Waals surface area contributed by atoms with Gasteiger partial charge < -0.3 is 5.01 Å². The highest BCUT2D eigenvalue weighted by Gasteiger charge is 2.19. The van der Waals surface area contributed by atoms with Gasteiger partial charge >= 0.3 is 0 Å². The third-order valence-corrected chi connectivity index (χ3v) is 3.44. The second kappa shape index (κ2) is 7.47. The Labute approximate surface area is 134 Å². The number of ketones is 3. The Hall–Kier alpha value is -2.79. The Balaban J connectivity index is 2.29. The summed E-state index contributed by atoms with van der Waals surface area (Å²) in [6, 6.07) is 15.6. The number of para-hydroxylation sites is 1. The van der Waals surface area contributed by atoms with Gasteiger partial charge in [-0.25, -0.2) is 5.84 Å². The van der Waals surface area contributed by atoms with E-state index in [1.165, 1.54) is 0 Å². The van der Waals surface area contributed by atoms with Crippen LogP contribution >= 0.6 is 0 Å². The second-order valence-electron chi connectivity index (χ2n) is 5.04. The van der Waals surface area contributed by atoms with Gasteiger partial charge in [0.1, 0.15) is 6.54 Å². The highest BCUT2D eigenvalue weighted by atomic mass is 16.2. The van der Waals surface area contributed by atoms with Crippen LogP contribution in [-0.2, 0) is 9.59 Å². The molecule has 0 saturated heterocycles. The molecule has 2 aromatic rings. The fourth-order valence-electron chi connectivity index (χ4n) is 2.19. The normalized spacial score (nSPS) is 10.2. The lowest BCUT2D eigenvalue weighted by molar-refractivity contribution is -0.135. The van der Waals surface area contributed by atoms with Crippen LogP contribution in [-0.4, -0.2) is 23.9 Å². The van der Waals surface area contributed by atoms with Crippen LogP contribution in [0.4, 0.5) is 5.69 Å². The average molecular weight is 310 g/mol. The summed E-state index contributed by atoms with van der Waals surface area (Å²) >= 11 is 0. The van der Waals surface area contributed by atoms with Gasteiger partial charge in [-0.05, 0) is 12.1 Å². The molecule has 5 nitrogen and oxygen atoms in total. The first-order valence-electron chi connectivity index (χ1n) is 7.31. The van der Waals surface area contributed by atoms with Crippen molar-refractivity contribution in [3.05, 3.63) is 65.7 Å². The summed E-state index contributed by atoms with van der Waals surface area (Å²) in [6.07, 6.45) is 0.136. The summed E-state index contributed by atoms with van der Waals surface area (Å²) in [7, 11) is 0. The summed E-state index contributed by atoms with van der Waals surface area (Å²) in [5.74, 6) is 4.67. The molecule has 0 aliphatic rings. The molecule has 23 heavy (non-hydrogen) atoms. The van der Waals surface area contributed by atoms with E-state index in [0.717, 1.165) is 5.01 Å². The molecule has 0 spiro atoms. The van der Waals surface area contributed by atoms with Crippen LogP contribution in [0.5, 0.6) is 0 Å². The predicted molar refractivity (Wildman–Crippen MR) is 88.2 cm³/mol. The molecule has 0 atom stereocenters. The molecular formula is C18H18N2O3. The van der Waals surface area contributed by atoms with Crippen LogP contribution in [0.2, 0.25) is 0 Å². The minimum Gasteiger partial charge on any atom is -0.302 e. The maximum Gasteiger partial charge on any atom is 0.219 e. The third-order valence-electron chi connectivity index (χ3n) is 3.44. The molecule has 2 rings (SSSR count). The van der Waals surface area contributed by atoms with Gasteiger partial charge in [-0.1, -0.05) is 49.4 Å². The maximum atomic E-state index is 12.6. The van der Waals surface area contributed by atoms with Crippen molar-refractivity contribution in [1.29, 1.82) is 0 Å². The zero-order valence-corrected chi connectivity index (χ0v) is 12.9. The second-order valence-corrected chi connectivity index (χ2v) is 5.04. The molecule has 5 heteroatoms. The summed E-state index contributed by atoms with van der Waals surface area (Å²) in [5, 5.41) is 1.14. The first kappa shape index (κ1) is 16.6. The standard InChI is InChI=1S/C18H18N2O3/c1-2-16(21)17(22)12-20(19)15-11-7-6-10-14(15)18(23)13-8-4-3-5-9-13/h3-11H,2,12,19H2,1H3. The molecule has 2 N–H and O–H groups in total. The zero-order valence-electron chi connectivity index (χ0n) is 12.9. The van der Waals surface area contributed by atoms with Crippen molar-refractivity contribution in [3.63, 3.8) is 0 Å². The number of hydrogen-bond donors (Lipinski definition) is 1. The van der Waals surface area contributed by atoms with Gasteiger partial charge in [-0.3, -0.25) is 14.4 Å². The molecule has 118 valence electrons. The summed E-state index contributed by atoms with van der Waals surface area (Å²) in [6.45, 7) is 1.36. The number of anilines is 1. The summed E-state index contributed by atoms with van der Waals surface area (Å²) in [5.41, 5.74) is 1.33. The van der Waals surface area contributed by atoms with Gasteiger partial charge in [-0.2, -0.15) is 0 Å². The van der Waals surface area contributed by atoms with Crippen molar-refractivity contribution >= 4 is 23.0 Å². The third kappa shape index (κ3) is 3.90. The highest BCUT2D eigenvalue weighted by molar-refractivity contribution is 6.38. The van der Waals surface area contributed by atoms with Crippen LogP contribution in [0.3, 0.4) is 0 Å². The van der Waals surface area contributed by atoms with Crippen LogP contribution < -0.4 is 10.9 Å². The lowest BCUT2D eigenvalue weighted by Gasteiger charge is -2.20. The summed E-state index contributed by atoms with van der Waals surface area (Å²) < 4.78 is 0. The Morgan fingerprint density at radius 2 is 1.52 bits per heavy atom. The first-order valence-corrected chi connectivity index (χ1v) is 7.31. The highest BCUT2D eigenvalue weighted by Crippen LogP contribution is 2.21. The van der Waals surface area contributed by atoms with E-state index in [1.807, 2.05) is 6.07 Å². The van der Waals surface area contributed by atoms with E-state index in [4.69, 9.17) is 5.84 Å².